The SMILES string of the molecule is Nc1cccc(Cn2ccnc2-c2cccc(Br)c2)c1. The minimum absolute atomic E-state index is 0.757. The van der Waals surface area contributed by atoms with Gasteiger partial charge in [-0.2, -0.15) is 0 Å². The van der Waals surface area contributed by atoms with Gasteiger partial charge in [0.25, 0.3) is 0 Å². The first-order valence-electron chi connectivity index (χ1n) is 6.34. The summed E-state index contributed by atoms with van der Waals surface area (Å²) in [6.45, 7) is 0.757. The first kappa shape index (κ1) is 12.9. The zero-order valence-corrected chi connectivity index (χ0v) is 12.4. The van der Waals surface area contributed by atoms with Gasteiger partial charge in [0.2, 0.25) is 0 Å². The van der Waals surface area contributed by atoms with E-state index in [-0.39, 0.29) is 0 Å². The lowest BCUT2D eigenvalue weighted by molar-refractivity contribution is 0.807. The Morgan fingerprint density at radius 3 is 2.75 bits per heavy atom. The molecule has 2 aromatic carbocycles. The number of anilines is 1. The normalized spacial score (nSPS) is 10.7. The van der Waals surface area contributed by atoms with Crippen molar-refractivity contribution in [2.24, 2.45) is 0 Å². The summed E-state index contributed by atoms with van der Waals surface area (Å²) >= 11 is 3.50. The Morgan fingerprint density at radius 2 is 1.95 bits per heavy atom. The molecule has 0 atom stereocenters. The molecule has 0 saturated heterocycles. The second-order valence-corrected chi connectivity index (χ2v) is 5.55. The molecule has 3 aromatic rings. The zero-order valence-electron chi connectivity index (χ0n) is 10.8. The maximum atomic E-state index is 5.83. The lowest BCUT2D eigenvalue weighted by atomic mass is 10.2. The van der Waals surface area contributed by atoms with Gasteiger partial charge in [0.15, 0.2) is 0 Å². The second-order valence-electron chi connectivity index (χ2n) is 4.63. The largest absolute Gasteiger partial charge is 0.399 e. The minimum atomic E-state index is 0.757. The van der Waals surface area contributed by atoms with E-state index in [0.717, 1.165) is 28.1 Å². The van der Waals surface area contributed by atoms with Gasteiger partial charge >= 0.3 is 0 Å². The molecule has 0 amide bonds. The molecule has 2 N–H and O–H groups in total. The Hall–Kier alpha value is -2.07. The third-order valence-corrected chi connectivity index (χ3v) is 3.60. The molecule has 0 aliphatic heterocycles. The van der Waals surface area contributed by atoms with Gasteiger partial charge in [0.1, 0.15) is 5.82 Å². The van der Waals surface area contributed by atoms with Crippen LogP contribution in [0.15, 0.2) is 65.4 Å². The third-order valence-electron chi connectivity index (χ3n) is 3.10. The molecule has 0 unspecified atom stereocenters. The summed E-state index contributed by atoms with van der Waals surface area (Å²) in [6.07, 6.45) is 3.81. The fourth-order valence-electron chi connectivity index (χ4n) is 2.21. The molecule has 0 saturated carbocycles. The molecule has 1 heterocycles. The number of hydrogen-bond acceptors (Lipinski definition) is 2. The van der Waals surface area contributed by atoms with E-state index in [1.807, 2.05) is 42.7 Å². The van der Waals surface area contributed by atoms with Crippen molar-refractivity contribution in [3.05, 3.63) is 71.0 Å². The smallest absolute Gasteiger partial charge is 0.140 e. The topological polar surface area (TPSA) is 43.8 Å². The molecule has 100 valence electrons. The first-order valence-corrected chi connectivity index (χ1v) is 7.13. The molecule has 1 aromatic heterocycles. The minimum Gasteiger partial charge on any atom is -0.399 e. The van der Waals surface area contributed by atoms with Gasteiger partial charge in [-0.3, -0.25) is 0 Å². The predicted octanol–water partition coefficient (Wildman–Crippen LogP) is 3.94. The number of nitrogens with two attached hydrogens (primary N) is 1. The van der Waals surface area contributed by atoms with E-state index < -0.39 is 0 Å². The Kier molecular flexibility index (Phi) is 3.56. The van der Waals surface area contributed by atoms with Crippen LogP contribution in [-0.4, -0.2) is 9.55 Å². The number of aromatic nitrogens is 2. The van der Waals surface area contributed by atoms with E-state index in [1.54, 1.807) is 0 Å². The van der Waals surface area contributed by atoms with Crippen molar-refractivity contribution < 1.29 is 0 Å². The Balaban J connectivity index is 1.94. The van der Waals surface area contributed by atoms with E-state index in [1.165, 1.54) is 5.56 Å². The molecule has 0 radical (unpaired) electrons. The van der Waals surface area contributed by atoms with Crippen molar-refractivity contribution in [2.45, 2.75) is 6.54 Å². The average molecular weight is 328 g/mol. The molecule has 0 fully saturated rings. The molecule has 3 nitrogen and oxygen atoms in total. The summed E-state index contributed by atoms with van der Waals surface area (Å²) in [4.78, 5) is 4.46. The summed E-state index contributed by atoms with van der Waals surface area (Å²) in [5.41, 5.74) is 8.87. The number of rotatable bonds is 3. The van der Waals surface area contributed by atoms with Crippen LogP contribution in [0.4, 0.5) is 5.69 Å². The fourth-order valence-corrected chi connectivity index (χ4v) is 2.61. The third kappa shape index (κ3) is 2.75. The first-order chi connectivity index (χ1) is 9.72. The molecule has 20 heavy (non-hydrogen) atoms. The zero-order chi connectivity index (χ0) is 13.9. The highest BCUT2D eigenvalue weighted by molar-refractivity contribution is 9.10. The lowest BCUT2D eigenvalue weighted by Gasteiger charge is -2.09. The number of hydrogen-bond donors (Lipinski definition) is 1. The summed E-state index contributed by atoms with van der Waals surface area (Å²) in [5, 5.41) is 0. The highest BCUT2D eigenvalue weighted by atomic mass is 79.9. The number of imidazole rings is 1. The van der Waals surface area contributed by atoms with Crippen molar-refractivity contribution >= 4 is 21.6 Å². The summed E-state index contributed by atoms with van der Waals surface area (Å²) < 4.78 is 3.17. The van der Waals surface area contributed by atoms with E-state index >= 15 is 0 Å². The summed E-state index contributed by atoms with van der Waals surface area (Å²) in [5.74, 6) is 0.953. The van der Waals surface area contributed by atoms with Gasteiger partial charge < -0.3 is 10.3 Å². The number of nitrogen functional groups attached to an aromatic ring is 1. The molecule has 4 heteroatoms. The van der Waals surface area contributed by atoms with Gasteiger partial charge in [-0.05, 0) is 29.8 Å². The predicted molar refractivity (Wildman–Crippen MR) is 85.3 cm³/mol. The van der Waals surface area contributed by atoms with Crippen LogP contribution in [0, 0.1) is 0 Å². The number of benzene rings is 2. The molecule has 0 aliphatic carbocycles. The summed E-state index contributed by atoms with van der Waals surface area (Å²) in [7, 11) is 0. The van der Waals surface area contributed by atoms with E-state index in [4.69, 9.17) is 5.73 Å². The molecule has 0 bridgehead atoms. The lowest BCUT2D eigenvalue weighted by Crippen LogP contribution is -2.01. The van der Waals surface area contributed by atoms with E-state index in [9.17, 15) is 0 Å². The van der Waals surface area contributed by atoms with Crippen LogP contribution in [0.2, 0.25) is 0 Å². The second kappa shape index (κ2) is 5.51. The maximum absolute atomic E-state index is 5.83. The van der Waals surface area contributed by atoms with Gasteiger partial charge in [0.05, 0.1) is 0 Å². The van der Waals surface area contributed by atoms with E-state index in [0.29, 0.717) is 0 Å². The quantitative estimate of drug-likeness (QED) is 0.740. The monoisotopic (exact) mass is 327 g/mol. The van der Waals surface area contributed by atoms with E-state index in [2.05, 4.69) is 43.7 Å². The fraction of sp³-hybridized carbons (Fsp3) is 0.0625. The Morgan fingerprint density at radius 1 is 1.10 bits per heavy atom. The van der Waals surface area contributed by atoms with Crippen LogP contribution in [0.3, 0.4) is 0 Å². The van der Waals surface area contributed by atoms with Crippen molar-refractivity contribution in [2.75, 3.05) is 5.73 Å². The average Bonchev–Trinajstić information content (AvgIpc) is 2.87. The van der Waals surface area contributed by atoms with Gasteiger partial charge in [-0.1, -0.05) is 40.2 Å². The standard InChI is InChI=1S/C16H14BrN3/c17-14-5-2-4-13(10-14)16-19-7-8-20(16)11-12-3-1-6-15(18)9-12/h1-10H,11,18H2. The van der Waals surface area contributed by atoms with Crippen LogP contribution in [-0.2, 0) is 6.54 Å². The van der Waals surface area contributed by atoms with Crippen molar-refractivity contribution in [3.63, 3.8) is 0 Å². The van der Waals surface area contributed by atoms with Crippen LogP contribution < -0.4 is 5.73 Å². The van der Waals surface area contributed by atoms with Crippen molar-refractivity contribution in [1.82, 2.24) is 9.55 Å². The maximum Gasteiger partial charge on any atom is 0.140 e. The molecular formula is C16H14BrN3. The van der Waals surface area contributed by atoms with Crippen molar-refractivity contribution in [3.8, 4) is 11.4 Å². The Labute approximate surface area is 126 Å². The molecule has 3 rings (SSSR count). The van der Waals surface area contributed by atoms with Crippen LogP contribution in [0.1, 0.15) is 5.56 Å². The van der Waals surface area contributed by atoms with Gasteiger partial charge in [0, 0.05) is 34.7 Å². The van der Waals surface area contributed by atoms with Crippen LogP contribution in [0.5, 0.6) is 0 Å². The molecule has 0 spiro atoms. The summed E-state index contributed by atoms with van der Waals surface area (Å²) in [6, 6.07) is 16.1. The number of halogens is 1. The van der Waals surface area contributed by atoms with Crippen LogP contribution >= 0.6 is 15.9 Å². The van der Waals surface area contributed by atoms with Crippen molar-refractivity contribution in [1.29, 1.82) is 0 Å². The Bertz CT molecular complexity index is 734. The molecule has 0 aliphatic rings. The highest BCUT2D eigenvalue weighted by Gasteiger charge is 2.07. The van der Waals surface area contributed by atoms with Crippen LogP contribution in [0.25, 0.3) is 11.4 Å². The van der Waals surface area contributed by atoms with Gasteiger partial charge in [-0.25, -0.2) is 4.98 Å². The molecular weight excluding hydrogens is 314 g/mol. The number of nitrogens with zero attached hydrogens (tertiary/aromatic N) is 2. The van der Waals surface area contributed by atoms with Gasteiger partial charge in [-0.15, -0.1) is 0 Å². The highest BCUT2D eigenvalue weighted by Crippen LogP contribution is 2.22.